The number of hydrogen-bond acceptors (Lipinski definition) is 1. The van der Waals surface area contributed by atoms with Gasteiger partial charge in [0.05, 0.1) is 5.69 Å². The lowest BCUT2D eigenvalue weighted by Crippen LogP contribution is -2.16. The van der Waals surface area contributed by atoms with Crippen LogP contribution >= 0.6 is 0 Å². The van der Waals surface area contributed by atoms with E-state index in [0.717, 1.165) is 30.0 Å². The van der Waals surface area contributed by atoms with Crippen molar-refractivity contribution in [2.45, 2.75) is 26.3 Å². The van der Waals surface area contributed by atoms with Crippen molar-refractivity contribution in [3.05, 3.63) is 42.1 Å². The van der Waals surface area contributed by atoms with Crippen molar-refractivity contribution in [2.75, 3.05) is 0 Å². The van der Waals surface area contributed by atoms with Gasteiger partial charge in [0.15, 0.2) is 0 Å². The van der Waals surface area contributed by atoms with E-state index in [0.29, 0.717) is 5.92 Å². The fourth-order valence-corrected chi connectivity index (χ4v) is 2.37. The Bertz CT molecular complexity index is 545. The maximum Gasteiger partial charge on any atom is 0.123 e. The summed E-state index contributed by atoms with van der Waals surface area (Å²) in [4.78, 5) is 4.61. The second kappa shape index (κ2) is 3.99. The van der Waals surface area contributed by atoms with Crippen LogP contribution in [0.2, 0.25) is 0 Å². The molecule has 1 unspecified atom stereocenters. The molecule has 1 aromatic heterocycles. The SMILES string of the molecule is CC1CCn2cc(-c3cccc(F)c3)nc2C1. The van der Waals surface area contributed by atoms with E-state index in [1.54, 1.807) is 6.07 Å². The summed E-state index contributed by atoms with van der Waals surface area (Å²) in [6.45, 7) is 3.28. The highest BCUT2D eigenvalue weighted by Gasteiger charge is 2.17. The number of fused-ring (bicyclic) bond motifs is 1. The third-order valence-electron chi connectivity index (χ3n) is 3.37. The summed E-state index contributed by atoms with van der Waals surface area (Å²) in [5.74, 6) is 1.62. The molecule has 2 nitrogen and oxygen atoms in total. The van der Waals surface area contributed by atoms with E-state index in [-0.39, 0.29) is 5.82 Å². The second-order valence-corrected chi connectivity index (χ2v) is 4.84. The van der Waals surface area contributed by atoms with Crippen LogP contribution in [-0.2, 0) is 13.0 Å². The summed E-state index contributed by atoms with van der Waals surface area (Å²) >= 11 is 0. The molecule has 1 aromatic carbocycles. The predicted molar refractivity (Wildman–Crippen MR) is 65.1 cm³/mol. The quantitative estimate of drug-likeness (QED) is 0.735. The van der Waals surface area contributed by atoms with E-state index in [2.05, 4.69) is 16.5 Å². The maximum absolute atomic E-state index is 13.2. The van der Waals surface area contributed by atoms with Gasteiger partial charge >= 0.3 is 0 Å². The lowest BCUT2D eigenvalue weighted by Gasteiger charge is -2.18. The molecule has 0 fully saturated rings. The van der Waals surface area contributed by atoms with Gasteiger partial charge in [0, 0.05) is 24.7 Å². The first kappa shape index (κ1) is 10.5. The molecule has 0 N–H and O–H groups in total. The molecule has 0 aliphatic carbocycles. The van der Waals surface area contributed by atoms with Crippen molar-refractivity contribution in [2.24, 2.45) is 5.92 Å². The van der Waals surface area contributed by atoms with Gasteiger partial charge in [-0.15, -0.1) is 0 Å². The molecule has 0 spiro atoms. The third kappa shape index (κ3) is 1.97. The van der Waals surface area contributed by atoms with Gasteiger partial charge in [-0.1, -0.05) is 19.1 Å². The van der Waals surface area contributed by atoms with Crippen LogP contribution in [0.25, 0.3) is 11.3 Å². The van der Waals surface area contributed by atoms with Gasteiger partial charge in [0.1, 0.15) is 11.6 Å². The fourth-order valence-electron chi connectivity index (χ4n) is 2.37. The zero-order valence-electron chi connectivity index (χ0n) is 9.86. The molecule has 17 heavy (non-hydrogen) atoms. The standard InChI is InChI=1S/C14H15FN2/c1-10-5-6-17-9-13(16-14(17)7-10)11-3-2-4-12(15)8-11/h2-4,8-10H,5-7H2,1H3. The van der Waals surface area contributed by atoms with Crippen molar-refractivity contribution in [3.8, 4) is 11.3 Å². The van der Waals surface area contributed by atoms with Crippen LogP contribution in [-0.4, -0.2) is 9.55 Å². The first-order valence-electron chi connectivity index (χ1n) is 6.04. The van der Waals surface area contributed by atoms with Crippen LogP contribution in [0.4, 0.5) is 4.39 Å². The molecular formula is C14H15FN2. The smallest absolute Gasteiger partial charge is 0.123 e. The molecule has 88 valence electrons. The van der Waals surface area contributed by atoms with Gasteiger partial charge in [0.25, 0.3) is 0 Å². The summed E-state index contributed by atoms with van der Waals surface area (Å²) in [6, 6.07) is 6.63. The van der Waals surface area contributed by atoms with E-state index in [1.807, 2.05) is 12.3 Å². The monoisotopic (exact) mass is 230 g/mol. The van der Waals surface area contributed by atoms with Crippen LogP contribution in [0.15, 0.2) is 30.5 Å². The Hall–Kier alpha value is -1.64. The van der Waals surface area contributed by atoms with Crippen molar-refractivity contribution in [1.82, 2.24) is 9.55 Å². The first-order valence-corrected chi connectivity index (χ1v) is 6.04. The number of aromatic nitrogens is 2. The summed E-state index contributed by atoms with van der Waals surface area (Å²) < 4.78 is 15.4. The number of halogens is 1. The predicted octanol–water partition coefficient (Wildman–Crippen LogP) is 3.27. The molecule has 2 heterocycles. The minimum atomic E-state index is -0.207. The van der Waals surface area contributed by atoms with E-state index in [1.165, 1.54) is 18.6 Å². The van der Waals surface area contributed by atoms with Gasteiger partial charge in [-0.3, -0.25) is 0 Å². The molecule has 3 heteroatoms. The third-order valence-corrected chi connectivity index (χ3v) is 3.37. The van der Waals surface area contributed by atoms with Crippen LogP contribution in [0.1, 0.15) is 19.2 Å². The maximum atomic E-state index is 13.2. The summed E-state index contributed by atoms with van der Waals surface area (Å²) in [5.41, 5.74) is 1.74. The summed E-state index contributed by atoms with van der Waals surface area (Å²) in [5, 5.41) is 0. The minimum absolute atomic E-state index is 0.207. The Morgan fingerprint density at radius 1 is 1.41 bits per heavy atom. The molecule has 0 bridgehead atoms. The number of imidazole rings is 1. The normalized spacial score (nSPS) is 19.1. The number of nitrogens with zero attached hydrogens (tertiary/aromatic N) is 2. The Balaban J connectivity index is 2.00. The molecule has 1 aliphatic rings. The topological polar surface area (TPSA) is 17.8 Å². The molecule has 0 saturated heterocycles. The largest absolute Gasteiger partial charge is 0.334 e. The average molecular weight is 230 g/mol. The van der Waals surface area contributed by atoms with Crippen molar-refractivity contribution in [3.63, 3.8) is 0 Å². The van der Waals surface area contributed by atoms with E-state index >= 15 is 0 Å². The summed E-state index contributed by atoms with van der Waals surface area (Å²) in [6.07, 6.45) is 4.26. The molecule has 1 atom stereocenters. The highest BCUT2D eigenvalue weighted by Crippen LogP contribution is 2.25. The van der Waals surface area contributed by atoms with Crippen LogP contribution in [0.3, 0.4) is 0 Å². The van der Waals surface area contributed by atoms with Gasteiger partial charge in [-0.2, -0.15) is 0 Å². The van der Waals surface area contributed by atoms with Crippen molar-refractivity contribution >= 4 is 0 Å². The highest BCUT2D eigenvalue weighted by atomic mass is 19.1. The molecule has 1 aliphatic heterocycles. The van der Waals surface area contributed by atoms with Crippen LogP contribution in [0, 0.1) is 11.7 Å². The molecule has 0 saturated carbocycles. The number of aryl methyl sites for hydroxylation is 1. The molecule has 2 aromatic rings. The number of benzene rings is 1. The zero-order chi connectivity index (χ0) is 11.8. The van der Waals surface area contributed by atoms with Crippen molar-refractivity contribution < 1.29 is 4.39 Å². The fraction of sp³-hybridized carbons (Fsp3) is 0.357. The molecule has 3 rings (SSSR count). The minimum Gasteiger partial charge on any atom is -0.334 e. The zero-order valence-corrected chi connectivity index (χ0v) is 9.86. The Labute approximate surface area is 100 Å². The summed E-state index contributed by atoms with van der Waals surface area (Å²) in [7, 11) is 0. The number of hydrogen-bond donors (Lipinski definition) is 0. The van der Waals surface area contributed by atoms with Crippen molar-refractivity contribution in [1.29, 1.82) is 0 Å². The molecule has 0 amide bonds. The van der Waals surface area contributed by atoms with Crippen LogP contribution in [0.5, 0.6) is 0 Å². The average Bonchev–Trinajstić information content (AvgIpc) is 2.72. The van der Waals surface area contributed by atoms with Gasteiger partial charge < -0.3 is 4.57 Å². The number of rotatable bonds is 1. The second-order valence-electron chi connectivity index (χ2n) is 4.84. The van der Waals surface area contributed by atoms with E-state index < -0.39 is 0 Å². The Morgan fingerprint density at radius 2 is 2.29 bits per heavy atom. The molecular weight excluding hydrogens is 215 g/mol. The Morgan fingerprint density at radius 3 is 3.12 bits per heavy atom. The van der Waals surface area contributed by atoms with E-state index in [4.69, 9.17) is 0 Å². The van der Waals surface area contributed by atoms with Gasteiger partial charge in [-0.05, 0) is 24.5 Å². The lowest BCUT2D eigenvalue weighted by molar-refractivity contribution is 0.409. The van der Waals surface area contributed by atoms with Gasteiger partial charge in [-0.25, -0.2) is 9.37 Å². The highest BCUT2D eigenvalue weighted by molar-refractivity contribution is 5.58. The van der Waals surface area contributed by atoms with Crippen LogP contribution < -0.4 is 0 Å². The first-order chi connectivity index (χ1) is 8.22. The molecule has 0 radical (unpaired) electrons. The van der Waals surface area contributed by atoms with Gasteiger partial charge in [0.2, 0.25) is 0 Å². The lowest BCUT2D eigenvalue weighted by atomic mass is 10.0. The Kier molecular flexibility index (Phi) is 2.46. The van der Waals surface area contributed by atoms with E-state index in [9.17, 15) is 4.39 Å².